The highest BCUT2D eigenvalue weighted by molar-refractivity contribution is 9.10. The van der Waals surface area contributed by atoms with Gasteiger partial charge in [0.05, 0.1) is 5.16 Å². The van der Waals surface area contributed by atoms with Gasteiger partial charge in [-0.05, 0) is 34.2 Å². The number of hydrogen-bond donors (Lipinski definition) is 0. The molecule has 0 saturated heterocycles. The van der Waals surface area contributed by atoms with Crippen molar-refractivity contribution in [3.8, 4) is 0 Å². The minimum atomic E-state index is -0.517. The fourth-order valence-corrected chi connectivity index (χ4v) is 0.923. The maximum atomic E-state index is 12.8. The third-order valence-corrected chi connectivity index (χ3v) is 1.46. The lowest BCUT2D eigenvalue weighted by Crippen LogP contribution is -1.80. The Balaban J connectivity index is 3.19. The summed E-state index contributed by atoms with van der Waals surface area (Å²) in [5, 5.41) is 2.03. The van der Waals surface area contributed by atoms with Crippen LogP contribution in [-0.4, -0.2) is 10.1 Å². The summed E-state index contributed by atoms with van der Waals surface area (Å²) >= 11 is 7.35. The molecule has 0 spiro atoms. The number of hydrogen-bond acceptors (Lipinski definition) is 3. The number of thiocarbonyl (C=S) groups is 1. The Kier molecular flexibility index (Phi) is 2.82. The number of halogens is 2. The summed E-state index contributed by atoms with van der Waals surface area (Å²) in [5.74, 6) is -0.556. The monoisotopic (exact) mass is 232 g/mol. The first-order valence-electron chi connectivity index (χ1n) is 2.63. The smallest absolute Gasteiger partial charge is 0.198 e. The largest absolute Gasteiger partial charge is 0.233 e. The molecule has 0 aliphatic carbocycles. The summed E-state index contributed by atoms with van der Waals surface area (Å²) in [6.07, 6.45) is 1.44. The van der Waals surface area contributed by atoms with Gasteiger partial charge in [0.15, 0.2) is 11.6 Å². The lowest BCUT2D eigenvalue weighted by molar-refractivity contribution is 0.623. The molecule has 0 aromatic carbocycles. The average molecular weight is 233 g/mol. The van der Waals surface area contributed by atoms with Crippen LogP contribution in [0.3, 0.4) is 0 Å². The van der Waals surface area contributed by atoms with Crippen LogP contribution < -0.4 is 0 Å². The highest BCUT2D eigenvalue weighted by atomic mass is 79.9. The van der Waals surface area contributed by atoms with Crippen LogP contribution in [0.25, 0.3) is 0 Å². The summed E-state index contributed by atoms with van der Waals surface area (Å²) in [6, 6.07) is 1.26. The van der Waals surface area contributed by atoms with E-state index in [1.165, 1.54) is 12.3 Å². The zero-order chi connectivity index (χ0) is 8.27. The Labute approximate surface area is 76.3 Å². The van der Waals surface area contributed by atoms with E-state index in [1.54, 1.807) is 0 Å². The predicted molar refractivity (Wildman–Crippen MR) is 46.6 cm³/mol. The van der Waals surface area contributed by atoms with E-state index in [0.717, 1.165) is 0 Å². The van der Waals surface area contributed by atoms with E-state index in [9.17, 15) is 4.39 Å². The van der Waals surface area contributed by atoms with Crippen molar-refractivity contribution >= 4 is 39.1 Å². The molecule has 2 nitrogen and oxygen atoms in total. The van der Waals surface area contributed by atoms with Crippen molar-refractivity contribution in [2.24, 2.45) is 4.99 Å². The second-order valence-corrected chi connectivity index (χ2v) is 2.76. The van der Waals surface area contributed by atoms with Gasteiger partial charge in [0, 0.05) is 10.7 Å². The third kappa shape index (κ3) is 2.15. The molecule has 0 N–H and O–H groups in total. The molecule has 0 amide bonds. The molecule has 1 heterocycles. The second-order valence-electron chi connectivity index (χ2n) is 1.66. The standard InChI is InChI=1S/C6H2BrFN2S/c7-4-1-5(8)6(9-2-4)10-3-11/h1-2H. The van der Waals surface area contributed by atoms with Gasteiger partial charge in [-0.25, -0.2) is 9.37 Å². The van der Waals surface area contributed by atoms with Gasteiger partial charge in [-0.15, -0.1) is 0 Å². The van der Waals surface area contributed by atoms with Crippen LogP contribution in [-0.2, 0) is 0 Å². The summed E-state index contributed by atoms with van der Waals surface area (Å²) in [7, 11) is 0. The minimum Gasteiger partial charge on any atom is -0.233 e. The van der Waals surface area contributed by atoms with E-state index in [2.05, 4.69) is 38.1 Å². The fourth-order valence-electron chi connectivity index (χ4n) is 0.533. The fraction of sp³-hybridized carbons (Fsp3) is 0. The van der Waals surface area contributed by atoms with Crippen LogP contribution in [0.1, 0.15) is 0 Å². The first-order chi connectivity index (χ1) is 5.24. The van der Waals surface area contributed by atoms with Crippen molar-refractivity contribution in [3.05, 3.63) is 22.6 Å². The average Bonchev–Trinajstić information content (AvgIpc) is 1.95. The number of aliphatic imine (C=N–C) groups is 1. The van der Waals surface area contributed by atoms with Crippen molar-refractivity contribution in [1.29, 1.82) is 0 Å². The van der Waals surface area contributed by atoms with Crippen molar-refractivity contribution in [2.45, 2.75) is 0 Å². The van der Waals surface area contributed by atoms with Gasteiger partial charge >= 0.3 is 0 Å². The molecular weight excluding hydrogens is 231 g/mol. The van der Waals surface area contributed by atoms with Gasteiger partial charge in [0.1, 0.15) is 0 Å². The van der Waals surface area contributed by atoms with E-state index < -0.39 is 5.82 Å². The van der Waals surface area contributed by atoms with Gasteiger partial charge in [0.25, 0.3) is 0 Å². The molecule has 0 bridgehead atoms. The Morgan fingerprint density at radius 2 is 2.45 bits per heavy atom. The Bertz CT molecular complexity index is 322. The van der Waals surface area contributed by atoms with Crippen molar-refractivity contribution in [1.82, 2.24) is 4.98 Å². The molecule has 0 saturated carbocycles. The third-order valence-electron chi connectivity index (χ3n) is 0.940. The molecule has 0 atom stereocenters. The zero-order valence-electron chi connectivity index (χ0n) is 5.21. The minimum absolute atomic E-state index is 0.0387. The summed E-state index contributed by atoms with van der Waals surface area (Å²) in [4.78, 5) is 7.06. The molecule has 5 heteroatoms. The van der Waals surface area contributed by atoms with E-state index in [0.29, 0.717) is 4.47 Å². The molecule has 0 radical (unpaired) electrons. The first kappa shape index (κ1) is 8.46. The number of isothiocyanates is 1. The van der Waals surface area contributed by atoms with Crippen LogP contribution in [0, 0.1) is 5.82 Å². The molecule has 1 aromatic heterocycles. The van der Waals surface area contributed by atoms with Crippen LogP contribution >= 0.6 is 28.1 Å². The van der Waals surface area contributed by atoms with Gasteiger partial charge < -0.3 is 0 Å². The van der Waals surface area contributed by atoms with Gasteiger partial charge in [0.2, 0.25) is 0 Å². The Morgan fingerprint density at radius 1 is 1.73 bits per heavy atom. The summed E-state index contributed by atoms with van der Waals surface area (Å²) < 4.78 is 13.3. The normalized spacial score (nSPS) is 8.91. The van der Waals surface area contributed by atoms with Crippen molar-refractivity contribution < 1.29 is 4.39 Å². The second kappa shape index (κ2) is 3.67. The number of pyridine rings is 1. The van der Waals surface area contributed by atoms with Crippen molar-refractivity contribution in [2.75, 3.05) is 0 Å². The molecule has 11 heavy (non-hydrogen) atoms. The summed E-state index contributed by atoms with van der Waals surface area (Å²) in [5.41, 5.74) is 0. The molecular formula is C6H2BrFN2S. The van der Waals surface area contributed by atoms with E-state index in [1.807, 2.05) is 5.16 Å². The van der Waals surface area contributed by atoms with E-state index in [-0.39, 0.29) is 5.82 Å². The Hall–Kier alpha value is -0.640. The number of rotatable bonds is 1. The maximum absolute atomic E-state index is 12.8. The van der Waals surface area contributed by atoms with Crippen molar-refractivity contribution in [3.63, 3.8) is 0 Å². The van der Waals surface area contributed by atoms with Gasteiger partial charge in [-0.2, -0.15) is 4.99 Å². The van der Waals surface area contributed by atoms with E-state index in [4.69, 9.17) is 0 Å². The molecule has 0 fully saturated rings. The molecule has 1 aromatic rings. The molecule has 0 unspecified atom stereocenters. The van der Waals surface area contributed by atoms with Crippen LogP contribution in [0.15, 0.2) is 21.7 Å². The Morgan fingerprint density at radius 3 is 3.00 bits per heavy atom. The number of aromatic nitrogens is 1. The van der Waals surface area contributed by atoms with Crippen LogP contribution in [0.4, 0.5) is 10.2 Å². The molecule has 56 valence electrons. The molecule has 1 rings (SSSR count). The SMILES string of the molecule is Fc1cc(Br)cnc1N=C=S. The maximum Gasteiger partial charge on any atom is 0.198 e. The van der Waals surface area contributed by atoms with E-state index >= 15 is 0 Å². The van der Waals surface area contributed by atoms with Gasteiger partial charge in [-0.3, -0.25) is 0 Å². The lowest BCUT2D eigenvalue weighted by Gasteiger charge is -1.92. The highest BCUT2D eigenvalue weighted by Gasteiger charge is 2.00. The molecule has 0 aliphatic heterocycles. The molecule has 0 aliphatic rings. The summed E-state index contributed by atoms with van der Waals surface area (Å²) in [6.45, 7) is 0. The topological polar surface area (TPSA) is 25.2 Å². The number of nitrogens with zero attached hydrogens (tertiary/aromatic N) is 2. The van der Waals surface area contributed by atoms with Crippen LogP contribution in [0.5, 0.6) is 0 Å². The van der Waals surface area contributed by atoms with Crippen LogP contribution in [0.2, 0.25) is 0 Å². The van der Waals surface area contributed by atoms with Gasteiger partial charge in [-0.1, -0.05) is 0 Å². The highest BCUT2D eigenvalue weighted by Crippen LogP contribution is 2.17. The quantitative estimate of drug-likeness (QED) is 0.550. The lowest BCUT2D eigenvalue weighted by atomic mass is 10.4. The first-order valence-corrected chi connectivity index (χ1v) is 3.83. The zero-order valence-corrected chi connectivity index (χ0v) is 7.62. The predicted octanol–water partition coefficient (Wildman–Crippen LogP) is 2.72.